The molecule has 142 valence electrons. The second-order valence-corrected chi connectivity index (χ2v) is 6.87. The maximum Gasteiger partial charge on any atom is 0.435 e. The molecule has 2 aromatic rings. The van der Waals surface area contributed by atoms with Crippen molar-refractivity contribution in [1.29, 1.82) is 0 Å². The van der Waals surface area contributed by atoms with Crippen molar-refractivity contribution in [3.8, 4) is 17.2 Å². The average molecular weight is 398 g/mol. The minimum absolute atomic E-state index is 0.190. The van der Waals surface area contributed by atoms with E-state index >= 15 is 0 Å². The van der Waals surface area contributed by atoms with Crippen LogP contribution in [0.15, 0.2) is 48.5 Å². The molecule has 0 fully saturated rings. The van der Waals surface area contributed by atoms with Crippen LogP contribution in [0.2, 0.25) is 0 Å². The highest BCUT2D eigenvalue weighted by atomic mass is 32.5. The maximum atomic E-state index is 12.2. The first kappa shape index (κ1) is 19.5. The summed E-state index contributed by atoms with van der Waals surface area (Å²) in [6.07, 6.45) is 0.627. The van der Waals surface area contributed by atoms with E-state index in [9.17, 15) is 29.0 Å². The van der Waals surface area contributed by atoms with Gasteiger partial charge in [0, 0.05) is 5.56 Å². The van der Waals surface area contributed by atoms with Crippen molar-refractivity contribution in [3.63, 3.8) is 0 Å². The first-order valence-electron chi connectivity index (χ1n) is 6.77. The lowest BCUT2D eigenvalue weighted by Crippen LogP contribution is -2.17. The molecule has 0 spiro atoms. The molecule has 0 aliphatic heterocycles. The highest BCUT2D eigenvalue weighted by Crippen LogP contribution is 2.97. The molecular formula is C15H11F5O5S. The number of benzene rings is 2. The molecule has 26 heavy (non-hydrogen) atoms. The summed E-state index contributed by atoms with van der Waals surface area (Å²) in [5.41, 5.74) is 0.411. The van der Waals surface area contributed by atoms with Crippen LogP contribution in [0.1, 0.15) is 10.4 Å². The molecule has 0 aliphatic rings. The Balaban J connectivity index is 1.90. The van der Waals surface area contributed by atoms with Crippen molar-refractivity contribution in [2.45, 2.75) is 0 Å². The molecule has 0 amide bonds. The standard InChI is InChI=1S/C15H11F5O5S/c16-26(17,18,19,20)25-14-7-5-13(6-8-14)24-15(22)10-23-12-3-1-11(9-21)2-4-12/h1-9H,10H2. The summed E-state index contributed by atoms with van der Waals surface area (Å²) >= 11 is 0. The van der Waals surface area contributed by atoms with Crippen molar-refractivity contribution in [1.82, 2.24) is 0 Å². The molecule has 2 rings (SSSR count). The smallest absolute Gasteiger partial charge is 0.435 e. The Kier molecular flexibility index (Phi) is 4.62. The third-order valence-electron chi connectivity index (χ3n) is 2.68. The van der Waals surface area contributed by atoms with Gasteiger partial charge in [0.15, 0.2) is 6.61 Å². The number of ether oxygens (including phenoxy) is 2. The lowest BCUT2D eigenvalue weighted by Gasteiger charge is -2.39. The van der Waals surface area contributed by atoms with Crippen LogP contribution in [0.4, 0.5) is 19.4 Å². The quantitative estimate of drug-likeness (QED) is 0.282. The minimum atomic E-state index is -10.1. The Morgan fingerprint density at radius 1 is 0.846 bits per heavy atom. The Hall–Kier alpha value is -2.82. The fourth-order valence-electron chi connectivity index (χ4n) is 1.69. The number of hydrogen-bond acceptors (Lipinski definition) is 5. The van der Waals surface area contributed by atoms with E-state index in [1.54, 1.807) is 0 Å². The van der Waals surface area contributed by atoms with Crippen LogP contribution in [0, 0.1) is 0 Å². The summed E-state index contributed by atoms with van der Waals surface area (Å²) in [5.74, 6) is -1.93. The van der Waals surface area contributed by atoms with Crippen molar-refractivity contribution in [3.05, 3.63) is 54.1 Å². The van der Waals surface area contributed by atoms with Crippen LogP contribution in [0.5, 0.6) is 17.2 Å². The van der Waals surface area contributed by atoms with Gasteiger partial charge in [-0.05, 0) is 48.5 Å². The second-order valence-electron chi connectivity index (χ2n) is 4.90. The van der Waals surface area contributed by atoms with Gasteiger partial charge in [-0.1, -0.05) is 19.4 Å². The number of hydrogen-bond donors (Lipinski definition) is 0. The van der Waals surface area contributed by atoms with Gasteiger partial charge in [0.25, 0.3) is 0 Å². The van der Waals surface area contributed by atoms with Gasteiger partial charge in [0.05, 0.1) is 0 Å². The fraction of sp³-hybridized carbons (Fsp3) is 0.0667. The van der Waals surface area contributed by atoms with Gasteiger partial charge >= 0.3 is 16.5 Å². The minimum Gasteiger partial charge on any atom is -0.482 e. The second kappa shape index (κ2) is 6.16. The molecule has 0 radical (unpaired) electrons. The molecule has 0 saturated carbocycles. The zero-order chi connectivity index (χ0) is 19.5. The van der Waals surface area contributed by atoms with E-state index in [0.29, 0.717) is 24.0 Å². The van der Waals surface area contributed by atoms with Crippen LogP contribution in [-0.4, -0.2) is 18.9 Å². The van der Waals surface area contributed by atoms with E-state index in [-0.39, 0.29) is 11.5 Å². The zero-order valence-corrected chi connectivity index (χ0v) is 13.6. The zero-order valence-electron chi connectivity index (χ0n) is 12.7. The van der Waals surface area contributed by atoms with E-state index < -0.39 is 28.8 Å². The van der Waals surface area contributed by atoms with E-state index in [0.717, 1.165) is 12.1 Å². The normalized spacial score (nSPS) is 13.9. The summed E-state index contributed by atoms with van der Waals surface area (Å²) in [4.78, 5) is 22.1. The van der Waals surface area contributed by atoms with Gasteiger partial charge in [-0.3, -0.25) is 4.79 Å². The Morgan fingerprint density at radius 2 is 1.35 bits per heavy atom. The monoisotopic (exact) mass is 398 g/mol. The van der Waals surface area contributed by atoms with Crippen LogP contribution in [0.25, 0.3) is 0 Å². The lowest BCUT2D eigenvalue weighted by atomic mass is 10.2. The summed E-state index contributed by atoms with van der Waals surface area (Å²) in [5, 5.41) is 0. The maximum absolute atomic E-state index is 12.2. The van der Waals surface area contributed by atoms with Crippen LogP contribution in [-0.2, 0) is 4.79 Å². The third kappa shape index (κ3) is 6.97. The first-order valence-corrected chi connectivity index (χ1v) is 8.64. The highest BCUT2D eigenvalue weighted by Gasteiger charge is 2.67. The largest absolute Gasteiger partial charge is 0.482 e. The van der Waals surface area contributed by atoms with Crippen molar-refractivity contribution in [2.24, 2.45) is 0 Å². The number of carbonyl (C=O) groups excluding carboxylic acids is 2. The molecule has 5 nitrogen and oxygen atoms in total. The predicted octanol–water partition coefficient (Wildman–Crippen LogP) is 5.08. The summed E-state index contributed by atoms with van der Waals surface area (Å²) in [6, 6.07) is 8.70. The molecule has 0 atom stereocenters. The third-order valence-corrected chi connectivity index (χ3v) is 3.19. The fourth-order valence-corrected chi connectivity index (χ4v) is 2.17. The van der Waals surface area contributed by atoms with E-state index in [1.807, 2.05) is 0 Å². The first-order chi connectivity index (χ1) is 11.8. The lowest BCUT2D eigenvalue weighted by molar-refractivity contribution is -0.136. The average Bonchev–Trinajstić information content (AvgIpc) is 2.53. The molecule has 0 saturated heterocycles. The molecule has 11 heteroatoms. The molecule has 0 N–H and O–H groups in total. The van der Waals surface area contributed by atoms with Gasteiger partial charge in [0.2, 0.25) is 0 Å². The number of esters is 1. The SMILES string of the molecule is O=Cc1ccc(OCC(=O)Oc2ccc(OS(F)(F)(F)(F)F)cc2)cc1. The Bertz CT molecular complexity index is 804. The number of aldehydes is 1. The number of carbonyl (C=O) groups is 2. The van der Waals surface area contributed by atoms with Gasteiger partial charge < -0.3 is 13.7 Å². The van der Waals surface area contributed by atoms with E-state index in [4.69, 9.17) is 9.47 Å². The molecule has 0 unspecified atom stereocenters. The van der Waals surface area contributed by atoms with Crippen molar-refractivity contribution >= 4 is 22.8 Å². The van der Waals surface area contributed by atoms with Crippen LogP contribution in [0.3, 0.4) is 0 Å². The molecule has 0 aliphatic carbocycles. The molecule has 2 aromatic carbocycles. The van der Waals surface area contributed by atoms with Gasteiger partial charge in [-0.2, -0.15) is 0 Å². The topological polar surface area (TPSA) is 61.8 Å². The molecule has 0 aromatic heterocycles. The van der Waals surface area contributed by atoms with Gasteiger partial charge in [-0.25, -0.2) is 4.79 Å². The van der Waals surface area contributed by atoms with Crippen LogP contribution >= 0.6 is 10.5 Å². The molecule has 0 heterocycles. The molecular weight excluding hydrogens is 387 g/mol. The Labute approximate surface area is 144 Å². The highest BCUT2D eigenvalue weighted by molar-refractivity contribution is 8.42. The van der Waals surface area contributed by atoms with E-state index in [2.05, 4.69) is 4.18 Å². The van der Waals surface area contributed by atoms with E-state index in [1.165, 1.54) is 24.3 Å². The van der Waals surface area contributed by atoms with Gasteiger partial charge in [-0.15, -0.1) is 0 Å². The summed E-state index contributed by atoms with van der Waals surface area (Å²) < 4.78 is 73.6. The number of rotatable bonds is 7. The summed E-state index contributed by atoms with van der Waals surface area (Å²) in [6.45, 7) is -0.524. The Morgan fingerprint density at radius 3 is 1.85 bits per heavy atom. The van der Waals surface area contributed by atoms with Crippen molar-refractivity contribution < 1.29 is 42.7 Å². The van der Waals surface area contributed by atoms with Crippen molar-refractivity contribution in [2.75, 3.05) is 6.61 Å². The number of halogens is 5. The summed E-state index contributed by atoms with van der Waals surface area (Å²) in [7, 11) is -10.1. The molecule has 0 bridgehead atoms. The predicted molar refractivity (Wildman–Crippen MR) is 83.2 cm³/mol. The van der Waals surface area contributed by atoms with Gasteiger partial charge in [0.1, 0.15) is 23.5 Å². The van der Waals surface area contributed by atoms with Crippen LogP contribution < -0.4 is 13.7 Å².